The van der Waals surface area contributed by atoms with E-state index in [1.165, 1.54) is 4.88 Å². The summed E-state index contributed by atoms with van der Waals surface area (Å²) in [7, 11) is 3.73. The lowest BCUT2D eigenvalue weighted by molar-refractivity contribution is 0.747. The van der Waals surface area contributed by atoms with Crippen LogP contribution in [0.25, 0.3) is 10.2 Å². The van der Waals surface area contributed by atoms with Crippen LogP contribution in [0.3, 0.4) is 0 Å². The quantitative estimate of drug-likeness (QED) is 0.771. The van der Waals surface area contributed by atoms with Crippen LogP contribution in [-0.4, -0.2) is 26.8 Å². The Balaban J connectivity index is 1.92. The first kappa shape index (κ1) is 12.9. The van der Waals surface area contributed by atoms with E-state index in [1.807, 2.05) is 26.4 Å². The van der Waals surface area contributed by atoms with Crippen LogP contribution in [0, 0.1) is 6.92 Å². The van der Waals surface area contributed by atoms with E-state index >= 15 is 0 Å². The average Bonchev–Trinajstić information content (AvgIpc) is 3.00. The molecule has 0 unspecified atom stereocenters. The van der Waals surface area contributed by atoms with Gasteiger partial charge in [-0.3, -0.25) is 4.68 Å². The van der Waals surface area contributed by atoms with Crippen LogP contribution in [0.15, 0.2) is 18.3 Å². The number of nitrogens with one attached hydrogen (secondary N) is 2. The molecular weight excluding hydrogens is 272 g/mol. The molecule has 2 N–H and O–H groups in total. The molecule has 0 aliphatic carbocycles. The molecule has 0 saturated heterocycles. The standard InChI is InChI=1S/C13H16N6S/c1-8-6-10-11(15-7-9-4-5-19(3)18-9)16-13(14-2)17-12(10)20-8/h4-6H,7H2,1-3H3,(H2,14,15,16,17). The number of hydrogen-bond donors (Lipinski definition) is 2. The van der Waals surface area contributed by atoms with Gasteiger partial charge in [0.1, 0.15) is 10.6 Å². The highest BCUT2D eigenvalue weighted by Gasteiger charge is 2.10. The molecule has 0 aromatic carbocycles. The molecule has 7 heteroatoms. The molecule has 20 heavy (non-hydrogen) atoms. The number of rotatable bonds is 4. The first-order valence-electron chi connectivity index (χ1n) is 6.34. The van der Waals surface area contributed by atoms with Gasteiger partial charge in [0.2, 0.25) is 5.95 Å². The van der Waals surface area contributed by atoms with Gasteiger partial charge < -0.3 is 10.6 Å². The fourth-order valence-electron chi connectivity index (χ4n) is 2.02. The number of hydrogen-bond acceptors (Lipinski definition) is 6. The van der Waals surface area contributed by atoms with Crippen LogP contribution in [-0.2, 0) is 13.6 Å². The Hall–Kier alpha value is -2.15. The van der Waals surface area contributed by atoms with E-state index in [0.29, 0.717) is 12.5 Å². The zero-order valence-electron chi connectivity index (χ0n) is 11.6. The van der Waals surface area contributed by atoms with Crippen LogP contribution in [0.5, 0.6) is 0 Å². The lowest BCUT2D eigenvalue weighted by Gasteiger charge is -2.07. The number of thiophene rings is 1. The van der Waals surface area contributed by atoms with Crippen molar-refractivity contribution < 1.29 is 0 Å². The lowest BCUT2D eigenvalue weighted by Crippen LogP contribution is -2.05. The van der Waals surface area contributed by atoms with Gasteiger partial charge in [0, 0.05) is 25.2 Å². The maximum atomic E-state index is 4.49. The first-order valence-corrected chi connectivity index (χ1v) is 7.15. The Bertz CT molecular complexity index is 744. The van der Waals surface area contributed by atoms with E-state index in [9.17, 15) is 0 Å². The van der Waals surface area contributed by atoms with Gasteiger partial charge in [-0.25, -0.2) is 4.98 Å². The van der Waals surface area contributed by atoms with Crippen LogP contribution in [0.1, 0.15) is 10.6 Å². The molecule has 6 nitrogen and oxygen atoms in total. The smallest absolute Gasteiger partial charge is 0.225 e. The molecule has 0 bridgehead atoms. The number of aryl methyl sites for hydroxylation is 2. The van der Waals surface area contributed by atoms with Crippen molar-refractivity contribution in [1.29, 1.82) is 0 Å². The van der Waals surface area contributed by atoms with Crippen molar-refractivity contribution in [1.82, 2.24) is 19.7 Å². The zero-order chi connectivity index (χ0) is 14.1. The van der Waals surface area contributed by atoms with Crippen LogP contribution in [0.2, 0.25) is 0 Å². The summed E-state index contributed by atoms with van der Waals surface area (Å²) in [5.41, 5.74) is 0.984. The third-order valence-corrected chi connectivity index (χ3v) is 3.89. The minimum Gasteiger partial charge on any atom is -0.364 e. The van der Waals surface area contributed by atoms with Crippen molar-refractivity contribution >= 4 is 33.3 Å². The summed E-state index contributed by atoms with van der Waals surface area (Å²) in [6, 6.07) is 4.10. The second kappa shape index (κ2) is 5.09. The van der Waals surface area contributed by atoms with Gasteiger partial charge in [-0.05, 0) is 19.1 Å². The van der Waals surface area contributed by atoms with E-state index in [1.54, 1.807) is 16.0 Å². The topological polar surface area (TPSA) is 67.7 Å². The van der Waals surface area contributed by atoms with Crippen LogP contribution < -0.4 is 10.6 Å². The minimum absolute atomic E-state index is 0.628. The first-order chi connectivity index (χ1) is 9.65. The molecule has 0 fully saturated rings. The minimum atomic E-state index is 0.628. The third-order valence-electron chi connectivity index (χ3n) is 2.95. The SMILES string of the molecule is CNc1nc(NCc2ccn(C)n2)c2cc(C)sc2n1. The predicted octanol–water partition coefficient (Wildman–Crippen LogP) is 2.39. The van der Waals surface area contributed by atoms with Gasteiger partial charge in [0.25, 0.3) is 0 Å². The molecule has 0 aliphatic heterocycles. The lowest BCUT2D eigenvalue weighted by atomic mass is 10.3. The highest BCUT2D eigenvalue weighted by molar-refractivity contribution is 7.18. The fourth-order valence-corrected chi connectivity index (χ4v) is 2.90. The molecular formula is C13H16N6S. The van der Waals surface area contributed by atoms with Crippen LogP contribution >= 0.6 is 11.3 Å². The van der Waals surface area contributed by atoms with E-state index in [0.717, 1.165) is 21.7 Å². The second-order valence-corrected chi connectivity index (χ2v) is 5.79. The molecule has 0 saturated carbocycles. The number of aromatic nitrogens is 4. The molecule has 3 heterocycles. The molecule has 104 valence electrons. The highest BCUT2D eigenvalue weighted by atomic mass is 32.1. The van der Waals surface area contributed by atoms with E-state index in [4.69, 9.17) is 0 Å². The van der Waals surface area contributed by atoms with E-state index in [2.05, 4.69) is 38.7 Å². The Morgan fingerprint density at radius 3 is 2.90 bits per heavy atom. The summed E-state index contributed by atoms with van der Waals surface area (Å²) in [6.45, 7) is 2.72. The Kier molecular flexibility index (Phi) is 3.27. The Labute approximate surface area is 120 Å². The number of anilines is 2. The summed E-state index contributed by atoms with van der Waals surface area (Å²) >= 11 is 1.67. The van der Waals surface area contributed by atoms with Crippen molar-refractivity contribution in [2.24, 2.45) is 7.05 Å². The van der Waals surface area contributed by atoms with Gasteiger partial charge in [-0.2, -0.15) is 10.1 Å². The van der Waals surface area contributed by atoms with Crippen molar-refractivity contribution in [2.45, 2.75) is 13.5 Å². The van der Waals surface area contributed by atoms with Crippen molar-refractivity contribution in [2.75, 3.05) is 17.7 Å². The zero-order valence-corrected chi connectivity index (χ0v) is 12.5. The van der Waals surface area contributed by atoms with Crippen molar-refractivity contribution in [3.05, 3.63) is 28.9 Å². The summed E-state index contributed by atoms with van der Waals surface area (Å²) in [6.07, 6.45) is 1.93. The molecule has 3 aromatic rings. The normalized spacial score (nSPS) is 10.9. The Morgan fingerprint density at radius 1 is 1.35 bits per heavy atom. The van der Waals surface area contributed by atoms with Gasteiger partial charge in [0.05, 0.1) is 17.6 Å². The van der Waals surface area contributed by atoms with Gasteiger partial charge >= 0.3 is 0 Å². The maximum Gasteiger partial charge on any atom is 0.225 e. The van der Waals surface area contributed by atoms with Gasteiger partial charge in [0.15, 0.2) is 0 Å². The number of nitrogens with zero attached hydrogens (tertiary/aromatic N) is 4. The van der Waals surface area contributed by atoms with Crippen molar-refractivity contribution in [3.8, 4) is 0 Å². The molecule has 3 aromatic heterocycles. The number of fused-ring (bicyclic) bond motifs is 1. The molecule has 0 amide bonds. The maximum absolute atomic E-state index is 4.49. The van der Waals surface area contributed by atoms with Gasteiger partial charge in [-0.1, -0.05) is 0 Å². The predicted molar refractivity (Wildman–Crippen MR) is 82.2 cm³/mol. The van der Waals surface area contributed by atoms with Gasteiger partial charge in [-0.15, -0.1) is 11.3 Å². The van der Waals surface area contributed by atoms with Crippen molar-refractivity contribution in [3.63, 3.8) is 0 Å². The van der Waals surface area contributed by atoms with Crippen LogP contribution in [0.4, 0.5) is 11.8 Å². The second-order valence-electron chi connectivity index (χ2n) is 4.56. The van der Waals surface area contributed by atoms with E-state index < -0.39 is 0 Å². The summed E-state index contributed by atoms with van der Waals surface area (Å²) in [5.74, 6) is 1.47. The highest BCUT2D eigenvalue weighted by Crippen LogP contribution is 2.29. The largest absolute Gasteiger partial charge is 0.364 e. The molecule has 3 rings (SSSR count). The summed E-state index contributed by atoms with van der Waals surface area (Å²) < 4.78 is 1.79. The molecule has 0 spiro atoms. The summed E-state index contributed by atoms with van der Waals surface area (Å²) in [5, 5.41) is 11.7. The molecule has 0 aliphatic rings. The molecule has 0 radical (unpaired) electrons. The third kappa shape index (κ3) is 2.44. The Morgan fingerprint density at radius 2 is 2.20 bits per heavy atom. The molecule has 0 atom stereocenters. The van der Waals surface area contributed by atoms with E-state index in [-0.39, 0.29) is 0 Å². The summed E-state index contributed by atoms with van der Waals surface area (Å²) in [4.78, 5) is 11.2. The monoisotopic (exact) mass is 288 g/mol. The average molecular weight is 288 g/mol. The fraction of sp³-hybridized carbons (Fsp3) is 0.308.